The highest BCUT2D eigenvalue weighted by Gasteiger charge is 2.14. The molecule has 0 amide bonds. The SMILES string of the molecule is C/C=C/N(C)C=Nc1c(C=O)sc2nccc(NC)c12. The van der Waals surface area contributed by atoms with Crippen molar-refractivity contribution in [3.63, 3.8) is 0 Å². The minimum Gasteiger partial charge on any atom is -0.387 e. The number of hydrogen-bond donors (Lipinski definition) is 1. The Morgan fingerprint density at radius 3 is 2.95 bits per heavy atom. The van der Waals surface area contributed by atoms with E-state index in [-0.39, 0.29) is 0 Å². The largest absolute Gasteiger partial charge is 0.387 e. The molecular weight excluding hydrogens is 272 g/mol. The zero-order valence-corrected chi connectivity index (χ0v) is 12.4. The highest BCUT2D eigenvalue weighted by molar-refractivity contribution is 7.21. The lowest BCUT2D eigenvalue weighted by Crippen LogP contribution is -2.06. The molecule has 2 rings (SSSR count). The van der Waals surface area contributed by atoms with E-state index < -0.39 is 0 Å². The summed E-state index contributed by atoms with van der Waals surface area (Å²) in [7, 11) is 3.72. The van der Waals surface area contributed by atoms with Gasteiger partial charge < -0.3 is 10.2 Å². The molecule has 0 unspecified atom stereocenters. The quantitative estimate of drug-likeness (QED) is 0.521. The van der Waals surface area contributed by atoms with Crippen molar-refractivity contribution in [1.82, 2.24) is 9.88 Å². The highest BCUT2D eigenvalue weighted by Crippen LogP contribution is 2.39. The van der Waals surface area contributed by atoms with Gasteiger partial charge in [-0.1, -0.05) is 6.08 Å². The summed E-state index contributed by atoms with van der Waals surface area (Å²) >= 11 is 1.35. The average Bonchev–Trinajstić information content (AvgIpc) is 2.83. The van der Waals surface area contributed by atoms with Crippen LogP contribution in [0, 0.1) is 0 Å². The maximum absolute atomic E-state index is 11.2. The Bertz CT molecular complexity index is 675. The molecule has 2 aromatic heterocycles. The second kappa shape index (κ2) is 6.29. The van der Waals surface area contributed by atoms with Gasteiger partial charge in [-0.3, -0.25) is 4.79 Å². The van der Waals surface area contributed by atoms with Gasteiger partial charge >= 0.3 is 0 Å². The Balaban J connectivity index is 2.57. The third-order valence-electron chi connectivity index (χ3n) is 2.72. The third kappa shape index (κ3) is 2.70. The molecule has 104 valence electrons. The Labute approximate surface area is 121 Å². The molecular formula is C14H16N4OS. The summed E-state index contributed by atoms with van der Waals surface area (Å²) in [6.45, 7) is 1.93. The smallest absolute Gasteiger partial charge is 0.162 e. The van der Waals surface area contributed by atoms with Gasteiger partial charge in [0.1, 0.15) is 4.83 Å². The van der Waals surface area contributed by atoms with Crippen LogP contribution in [0.3, 0.4) is 0 Å². The summed E-state index contributed by atoms with van der Waals surface area (Å²) in [5.74, 6) is 0. The van der Waals surface area contributed by atoms with Crippen LogP contribution in [-0.4, -0.2) is 36.6 Å². The molecule has 0 saturated heterocycles. The van der Waals surface area contributed by atoms with Gasteiger partial charge in [0.15, 0.2) is 6.29 Å². The van der Waals surface area contributed by atoms with Crippen LogP contribution < -0.4 is 5.32 Å². The van der Waals surface area contributed by atoms with Crippen molar-refractivity contribution < 1.29 is 4.79 Å². The van der Waals surface area contributed by atoms with E-state index in [0.29, 0.717) is 10.6 Å². The first-order valence-electron chi connectivity index (χ1n) is 6.14. The number of anilines is 1. The van der Waals surface area contributed by atoms with Crippen LogP contribution in [0.4, 0.5) is 11.4 Å². The zero-order chi connectivity index (χ0) is 14.5. The van der Waals surface area contributed by atoms with Crippen molar-refractivity contribution in [2.24, 2.45) is 4.99 Å². The van der Waals surface area contributed by atoms with E-state index in [1.807, 2.05) is 44.3 Å². The van der Waals surface area contributed by atoms with Crippen molar-refractivity contribution in [2.75, 3.05) is 19.4 Å². The van der Waals surface area contributed by atoms with Crippen molar-refractivity contribution in [3.05, 3.63) is 29.4 Å². The van der Waals surface area contributed by atoms with E-state index in [1.165, 1.54) is 11.3 Å². The summed E-state index contributed by atoms with van der Waals surface area (Å²) < 4.78 is 0. The van der Waals surface area contributed by atoms with Crippen LogP contribution in [-0.2, 0) is 0 Å². The van der Waals surface area contributed by atoms with Crippen LogP contribution in [0.25, 0.3) is 10.2 Å². The van der Waals surface area contributed by atoms with Gasteiger partial charge in [-0.15, -0.1) is 11.3 Å². The Hall–Kier alpha value is -2.21. The van der Waals surface area contributed by atoms with E-state index in [9.17, 15) is 4.79 Å². The summed E-state index contributed by atoms with van der Waals surface area (Å²) in [5, 5.41) is 3.99. The molecule has 2 aromatic rings. The van der Waals surface area contributed by atoms with Gasteiger partial charge in [-0.05, 0) is 13.0 Å². The van der Waals surface area contributed by atoms with E-state index in [0.717, 1.165) is 22.2 Å². The van der Waals surface area contributed by atoms with Gasteiger partial charge in [0.05, 0.1) is 22.3 Å². The predicted molar refractivity (Wildman–Crippen MR) is 85.3 cm³/mol. The summed E-state index contributed by atoms with van der Waals surface area (Å²) in [5.41, 5.74) is 1.58. The van der Waals surface area contributed by atoms with Crippen LogP contribution >= 0.6 is 11.3 Å². The third-order valence-corrected chi connectivity index (χ3v) is 3.73. The topological polar surface area (TPSA) is 57.6 Å². The second-order valence-corrected chi connectivity index (χ2v) is 5.14. The molecule has 0 radical (unpaired) electrons. The fraction of sp³-hybridized carbons (Fsp3) is 0.214. The van der Waals surface area contributed by atoms with Crippen LogP contribution in [0.5, 0.6) is 0 Å². The normalized spacial score (nSPS) is 11.6. The average molecular weight is 288 g/mol. The minimum absolute atomic E-state index is 0.584. The Morgan fingerprint density at radius 2 is 2.30 bits per heavy atom. The number of pyridine rings is 1. The van der Waals surface area contributed by atoms with Crippen LogP contribution in [0.2, 0.25) is 0 Å². The number of nitrogens with zero attached hydrogens (tertiary/aromatic N) is 3. The lowest BCUT2D eigenvalue weighted by molar-refractivity contribution is 0.112. The molecule has 0 fully saturated rings. The number of thiophene rings is 1. The molecule has 0 saturated carbocycles. The van der Waals surface area contributed by atoms with Crippen LogP contribution in [0.1, 0.15) is 16.6 Å². The van der Waals surface area contributed by atoms with Crippen molar-refractivity contribution in [1.29, 1.82) is 0 Å². The van der Waals surface area contributed by atoms with Gasteiger partial charge in [0, 0.05) is 32.2 Å². The van der Waals surface area contributed by atoms with Crippen molar-refractivity contribution >= 4 is 45.6 Å². The minimum atomic E-state index is 0.584. The van der Waals surface area contributed by atoms with Crippen molar-refractivity contribution in [3.8, 4) is 0 Å². The zero-order valence-electron chi connectivity index (χ0n) is 11.6. The van der Waals surface area contributed by atoms with Gasteiger partial charge in [0.25, 0.3) is 0 Å². The Morgan fingerprint density at radius 1 is 1.50 bits per heavy atom. The number of nitrogens with one attached hydrogen (secondary N) is 1. The summed E-state index contributed by atoms with van der Waals surface area (Å²) in [6.07, 6.45) is 8.03. The number of aldehydes is 1. The fourth-order valence-electron chi connectivity index (χ4n) is 1.86. The molecule has 0 spiro atoms. The first-order chi connectivity index (χ1) is 9.71. The number of allylic oxidation sites excluding steroid dienone is 1. The molecule has 20 heavy (non-hydrogen) atoms. The number of fused-ring (bicyclic) bond motifs is 1. The molecule has 0 aliphatic carbocycles. The molecule has 0 bridgehead atoms. The van der Waals surface area contributed by atoms with Gasteiger partial charge in [-0.25, -0.2) is 9.98 Å². The molecule has 0 aliphatic heterocycles. The van der Waals surface area contributed by atoms with E-state index in [1.54, 1.807) is 12.5 Å². The number of aromatic nitrogens is 1. The number of aliphatic imine (C=N–C) groups is 1. The molecule has 6 heteroatoms. The molecule has 2 heterocycles. The monoisotopic (exact) mass is 288 g/mol. The highest BCUT2D eigenvalue weighted by atomic mass is 32.1. The number of hydrogen-bond acceptors (Lipinski definition) is 5. The first-order valence-corrected chi connectivity index (χ1v) is 6.96. The van der Waals surface area contributed by atoms with E-state index >= 15 is 0 Å². The molecule has 0 atom stereocenters. The van der Waals surface area contributed by atoms with E-state index in [4.69, 9.17) is 0 Å². The molecule has 0 aliphatic rings. The standard InChI is InChI=1S/C14H16N4OS/c1-4-7-18(3)9-17-13-11(8-19)20-14-12(13)10(15-2)5-6-16-14/h4-9H,1-3H3,(H,15,16)/b7-4+,17-9?. The number of carbonyl (C=O) groups is 1. The number of carbonyl (C=O) groups excluding carboxylic acids is 1. The van der Waals surface area contributed by atoms with Crippen LogP contribution in [0.15, 0.2) is 29.5 Å². The van der Waals surface area contributed by atoms with Gasteiger partial charge in [0.2, 0.25) is 0 Å². The first kappa shape index (κ1) is 14.2. The molecule has 0 aromatic carbocycles. The summed E-state index contributed by atoms with van der Waals surface area (Å²) in [6, 6.07) is 1.87. The van der Waals surface area contributed by atoms with E-state index in [2.05, 4.69) is 15.3 Å². The van der Waals surface area contributed by atoms with Gasteiger partial charge in [-0.2, -0.15) is 0 Å². The maximum atomic E-state index is 11.2. The fourth-order valence-corrected chi connectivity index (χ4v) is 2.79. The molecule has 1 N–H and O–H groups in total. The lowest BCUT2D eigenvalue weighted by Gasteiger charge is -2.06. The lowest BCUT2D eigenvalue weighted by atomic mass is 10.2. The predicted octanol–water partition coefficient (Wildman–Crippen LogP) is 3.28. The second-order valence-electron chi connectivity index (χ2n) is 4.11. The molecule has 5 nitrogen and oxygen atoms in total. The maximum Gasteiger partial charge on any atom is 0.162 e. The van der Waals surface area contributed by atoms with Crippen molar-refractivity contribution in [2.45, 2.75) is 6.92 Å². The summed E-state index contributed by atoms with van der Waals surface area (Å²) in [4.78, 5) is 23.2. The number of rotatable bonds is 5. The Kier molecular flexibility index (Phi) is 4.47.